The molecule has 15 heavy (non-hydrogen) atoms. The van der Waals surface area contributed by atoms with Crippen LogP contribution in [0.1, 0.15) is 34.1 Å². The second-order valence-corrected chi connectivity index (χ2v) is 4.75. The number of hydrogen-bond donors (Lipinski definition) is 2. The molecule has 0 saturated heterocycles. The van der Waals surface area contributed by atoms with E-state index in [2.05, 4.69) is 19.2 Å². The summed E-state index contributed by atoms with van der Waals surface area (Å²) in [6, 6.07) is 0.0342. The van der Waals surface area contributed by atoms with Gasteiger partial charge in [-0.1, -0.05) is 13.8 Å². The summed E-state index contributed by atoms with van der Waals surface area (Å²) >= 11 is 0. The molecule has 0 aromatic rings. The lowest BCUT2D eigenvalue weighted by atomic mass is 10.0. The van der Waals surface area contributed by atoms with Crippen LogP contribution in [0.3, 0.4) is 0 Å². The topological polar surface area (TPSA) is 64.3 Å². The van der Waals surface area contributed by atoms with Crippen molar-refractivity contribution in [2.45, 2.75) is 45.8 Å². The molecular weight excluding hydrogens is 192 g/mol. The fourth-order valence-corrected chi connectivity index (χ4v) is 1.24. The summed E-state index contributed by atoms with van der Waals surface area (Å²) < 4.78 is 5.10. The van der Waals surface area contributed by atoms with Gasteiger partial charge < -0.3 is 15.8 Å². The number of hydrogen-bond acceptors (Lipinski definition) is 3. The van der Waals surface area contributed by atoms with Crippen molar-refractivity contribution in [2.24, 2.45) is 11.7 Å². The van der Waals surface area contributed by atoms with Gasteiger partial charge in [-0.05, 0) is 26.2 Å². The van der Waals surface area contributed by atoms with E-state index in [4.69, 9.17) is 10.5 Å². The summed E-state index contributed by atoms with van der Waals surface area (Å²) in [5.74, 6) is 0.408. The molecule has 0 aliphatic rings. The van der Waals surface area contributed by atoms with Crippen LogP contribution in [0.4, 0.5) is 0 Å². The third kappa shape index (κ3) is 5.14. The Balaban J connectivity index is 4.24. The minimum Gasteiger partial charge on any atom is -0.369 e. The lowest BCUT2D eigenvalue weighted by Gasteiger charge is -2.26. The maximum atomic E-state index is 11.8. The summed E-state index contributed by atoms with van der Waals surface area (Å²) in [7, 11) is 1.53. The van der Waals surface area contributed by atoms with Crippen LogP contribution in [0, 0.1) is 5.92 Å². The Bertz CT molecular complexity index is 203. The molecule has 0 saturated carbocycles. The molecule has 90 valence electrons. The van der Waals surface area contributed by atoms with E-state index in [0.717, 1.165) is 6.42 Å². The van der Waals surface area contributed by atoms with E-state index in [9.17, 15) is 4.79 Å². The van der Waals surface area contributed by atoms with Gasteiger partial charge >= 0.3 is 0 Å². The monoisotopic (exact) mass is 216 g/mol. The molecule has 0 fully saturated rings. The maximum Gasteiger partial charge on any atom is 0.251 e. The Morgan fingerprint density at radius 2 is 2.00 bits per heavy atom. The number of methoxy groups -OCH3 is 1. The van der Waals surface area contributed by atoms with Crippen LogP contribution in [0.5, 0.6) is 0 Å². The lowest BCUT2D eigenvalue weighted by Crippen LogP contribution is -2.50. The Kier molecular flexibility index (Phi) is 5.83. The molecule has 0 aliphatic heterocycles. The average molecular weight is 216 g/mol. The largest absolute Gasteiger partial charge is 0.369 e. The normalized spacial score (nSPS) is 14.1. The van der Waals surface area contributed by atoms with E-state index in [-0.39, 0.29) is 11.9 Å². The molecule has 1 unspecified atom stereocenters. The molecule has 0 bridgehead atoms. The molecule has 0 aliphatic carbocycles. The average Bonchev–Trinajstić information content (AvgIpc) is 2.15. The zero-order valence-electron chi connectivity index (χ0n) is 10.5. The number of carbonyl (C=O) groups excluding carboxylic acids is 1. The van der Waals surface area contributed by atoms with Crippen molar-refractivity contribution < 1.29 is 9.53 Å². The zero-order valence-corrected chi connectivity index (χ0v) is 10.5. The standard InChI is InChI=1S/C11H24N2O2/c1-8(2)6-9(7-12)13-10(14)11(3,4)15-5/h8-9H,6-7,12H2,1-5H3,(H,13,14). The number of nitrogens with two attached hydrogens (primary N) is 1. The third-order valence-corrected chi connectivity index (χ3v) is 2.43. The van der Waals surface area contributed by atoms with Crippen LogP contribution in [0.15, 0.2) is 0 Å². The highest BCUT2D eigenvalue weighted by Gasteiger charge is 2.28. The van der Waals surface area contributed by atoms with E-state index in [1.165, 1.54) is 7.11 Å². The molecule has 0 spiro atoms. The molecule has 0 aromatic heterocycles. The van der Waals surface area contributed by atoms with Crippen molar-refractivity contribution in [2.75, 3.05) is 13.7 Å². The van der Waals surface area contributed by atoms with Crippen molar-refractivity contribution in [1.82, 2.24) is 5.32 Å². The Morgan fingerprint density at radius 3 is 2.33 bits per heavy atom. The van der Waals surface area contributed by atoms with Gasteiger partial charge in [-0.2, -0.15) is 0 Å². The number of amides is 1. The van der Waals surface area contributed by atoms with Gasteiger partial charge in [-0.3, -0.25) is 4.79 Å². The van der Waals surface area contributed by atoms with Gasteiger partial charge in [0.05, 0.1) is 0 Å². The van der Waals surface area contributed by atoms with E-state index in [1.54, 1.807) is 13.8 Å². The van der Waals surface area contributed by atoms with Crippen LogP contribution in [0.25, 0.3) is 0 Å². The van der Waals surface area contributed by atoms with Crippen molar-refractivity contribution in [3.63, 3.8) is 0 Å². The lowest BCUT2D eigenvalue weighted by molar-refractivity contribution is -0.140. The highest BCUT2D eigenvalue weighted by molar-refractivity contribution is 5.84. The van der Waals surface area contributed by atoms with E-state index >= 15 is 0 Å². The molecule has 4 heteroatoms. The number of ether oxygens (including phenoxy) is 1. The molecule has 4 nitrogen and oxygen atoms in total. The van der Waals surface area contributed by atoms with Crippen molar-refractivity contribution in [3.05, 3.63) is 0 Å². The summed E-state index contributed by atoms with van der Waals surface area (Å²) in [5, 5.41) is 2.90. The first-order valence-corrected chi connectivity index (χ1v) is 5.39. The molecular formula is C11H24N2O2. The van der Waals surface area contributed by atoms with Gasteiger partial charge in [0.1, 0.15) is 5.60 Å². The fourth-order valence-electron chi connectivity index (χ4n) is 1.24. The summed E-state index contributed by atoms with van der Waals surface area (Å²) in [6.07, 6.45) is 0.891. The van der Waals surface area contributed by atoms with Gasteiger partial charge in [0, 0.05) is 19.7 Å². The van der Waals surface area contributed by atoms with Crippen LogP contribution in [0.2, 0.25) is 0 Å². The molecule has 0 aromatic carbocycles. The van der Waals surface area contributed by atoms with E-state index in [1.807, 2.05) is 0 Å². The van der Waals surface area contributed by atoms with Gasteiger partial charge in [0.25, 0.3) is 5.91 Å². The molecule has 0 rings (SSSR count). The number of rotatable bonds is 6. The highest BCUT2D eigenvalue weighted by atomic mass is 16.5. The van der Waals surface area contributed by atoms with Crippen LogP contribution in [-0.4, -0.2) is 31.2 Å². The van der Waals surface area contributed by atoms with Crippen molar-refractivity contribution >= 4 is 5.91 Å². The van der Waals surface area contributed by atoms with E-state index in [0.29, 0.717) is 12.5 Å². The zero-order chi connectivity index (χ0) is 12.1. The van der Waals surface area contributed by atoms with E-state index < -0.39 is 5.60 Å². The molecule has 0 radical (unpaired) electrons. The van der Waals surface area contributed by atoms with Gasteiger partial charge in [0.15, 0.2) is 0 Å². The summed E-state index contributed by atoms with van der Waals surface area (Å²) in [6.45, 7) is 8.16. The third-order valence-electron chi connectivity index (χ3n) is 2.43. The summed E-state index contributed by atoms with van der Waals surface area (Å²) in [4.78, 5) is 11.8. The first-order valence-electron chi connectivity index (χ1n) is 5.39. The smallest absolute Gasteiger partial charge is 0.251 e. The van der Waals surface area contributed by atoms with Gasteiger partial charge in [0.2, 0.25) is 0 Å². The predicted octanol–water partition coefficient (Wildman–Crippen LogP) is 0.901. The Morgan fingerprint density at radius 1 is 1.47 bits per heavy atom. The quantitative estimate of drug-likeness (QED) is 0.693. The Hall–Kier alpha value is -0.610. The van der Waals surface area contributed by atoms with Crippen molar-refractivity contribution in [1.29, 1.82) is 0 Å². The second kappa shape index (κ2) is 6.08. The first kappa shape index (κ1) is 14.4. The highest BCUT2D eigenvalue weighted by Crippen LogP contribution is 2.09. The second-order valence-electron chi connectivity index (χ2n) is 4.75. The first-order chi connectivity index (χ1) is 6.83. The molecule has 1 atom stereocenters. The van der Waals surface area contributed by atoms with Crippen LogP contribution in [-0.2, 0) is 9.53 Å². The minimum atomic E-state index is -0.787. The Labute approximate surface area is 92.6 Å². The molecule has 1 amide bonds. The SMILES string of the molecule is COC(C)(C)C(=O)NC(CN)CC(C)C. The van der Waals surface area contributed by atoms with Crippen LogP contribution >= 0.6 is 0 Å². The predicted molar refractivity (Wildman–Crippen MR) is 61.5 cm³/mol. The number of nitrogens with one attached hydrogen (secondary N) is 1. The summed E-state index contributed by atoms with van der Waals surface area (Å²) in [5.41, 5.74) is 4.81. The van der Waals surface area contributed by atoms with Gasteiger partial charge in [-0.25, -0.2) is 0 Å². The maximum absolute atomic E-state index is 11.8. The fraction of sp³-hybridized carbons (Fsp3) is 0.909. The van der Waals surface area contributed by atoms with Gasteiger partial charge in [-0.15, -0.1) is 0 Å². The number of carbonyl (C=O) groups is 1. The molecule has 0 heterocycles. The van der Waals surface area contributed by atoms with Crippen LogP contribution < -0.4 is 11.1 Å². The van der Waals surface area contributed by atoms with Crippen molar-refractivity contribution in [3.8, 4) is 0 Å². The minimum absolute atomic E-state index is 0.0342. The molecule has 3 N–H and O–H groups in total.